The number of phenols is 1. The van der Waals surface area contributed by atoms with Gasteiger partial charge in [0, 0.05) is 69.1 Å². The number of anilines is 1. The zero-order valence-corrected chi connectivity index (χ0v) is 21.8. The largest absolute Gasteiger partial charge is 0.505 e. The van der Waals surface area contributed by atoms with E-state index in [9.17, 15) is 14.3 Å². The minimum absolute atomic E-state index is 0.179. The fourth-order valence-corrected chi connectivity index (χ4v) is 5.37. The van der Waals surface area contributed by atoms with Crippen LogP contribution in [0, 0.1) is 12.7 Å². The second kappa shape index (κ2) is 10.1. The van der Waals surface area contributed by atoms with Crippen LogP contribution in [0.1, 0.15) is 46.1 Å². The fourth-order valence-electron chi connectivity index (χ4n) is 5.37. The predicted octanol–water partition coefficient (Wildman–Crippen LogP) is 3.67. The van der Waals surface area contributed by atoms with E-state index in [0.29, 0.717) is 30.3 Å². The number of phenolic OH excluding ortho intramolecular Hbond substituents is 1. The van der Waals surface area contributed by atoms with Gasteiger partial charge in [-0.1, -0.05) is 6.07 Å². The van der Waals surface area contributed by atoms with Gasteiger partial charge < -0.3 is 24.6 Å². The Hall–Kier alpha value is -4.25. The number of rotatable bonds is 6. The highest BCUT2D eigenvalue weighted by molar-refractivity contribution is 5.95. The van der Waals surface area contributed by atoms with Gasteiger partial charge >= 0.3 is 0 Å². The quantitative estimate of drug-likeness (QED) is 0.391. The van der Waals surface area contributed by atoms with Gasteiger partial charge in [0.2, 0.25) is 5.95 Å². The highest BCUT2D eigenvalue weighted by atomic mass is 19.1. The summed E-state index contributed by atoms with van der Waals surface area (Å²) in [6.45, 7) is 4.38. The van der Waals surface area contributed by atoms with Crippen molar-refractivity contribution < 1.29 is 19.0 Å². The normalized spacial score (nSPS) is 16.8. The van der Waals surface area contributed by atoms with Crippen LogP contribution in [-0.4, -0.2) is 66.0 Å². The molecule has 39 heavy (non-hydrogen) atoms. The number of hydrogen-bond donors (Lipinski definition) is 2. The number of benzene rings is 1. The lowest BCUT2D eigenvalue weighted by molar-refractivity contribution is 0.0649. The topological polar surface area (TPSA) is 110 Å². The number of amides is 1. The molecule has 10 nitrogen and oxygen atoms in total. The number of carbonyl (C=O) groups excluding carboxylic acids is 1. The molecular weight excluding hydrogens is 501 g/mol. The molecule has 6 rings (SSSR count). The van der Waals surface area contributed by atoms with Gasteiger partial charge in [-0.3, -0.25) is 9.48 Å². The highest BCUT2D eigenvalue weighted by Crippen LogP contribution is 2.35. The number of halogens is 1. The van der Waals surface area contributed by atoms with E-state index < -0.39 is 17.6 Å². The summed E-state index contributed by atoms with van der Waals surface area (Å²) in [6, 6.07) is 5.79. The summed E-state index contributed by atoms with van der Waals surface area (Å²) < 4.78 is 23.4. The monoisotopic (exact) mass is 531 g/mol. The van der Waals surface area contributed by atoms with E-state index in [1.807, 2.05) is 30.0 Å². The molecule has 1 saturated heterocycles. The lowest BCUT2D eigenvalue weighted by Gasteiger charge is -2.35. The average molecular weight is 532 g/mol. The number of ether oxygens (including phenoxy) is 1. The summed E-state index contributed by atoms with van der Waals surface area (Å²) in [4.78, 5) is 24.9. The van der Waals surface area contributed by atoms with Crippen molar-refractivity contribution in [2.75, 3.05) is 25.1 Å². The number of aromatic nitrogens is 5. The van der Waals surface area contributed by atoms with Gasteiger partial charge in [0.05, 0.1) is 17.9 Å². The summed E-state index contributed by atoms with van der Waals surface area (Å²) in [5, 5.41) is 17.4. The second-order valence-corrected chi connectivity index (χ2v) is 10.1. The maximum Gasteiger partial charge on any atom is 0.271 e. The highest BCUT2D eigenvalue weighted by Gasteiger charge is 2.34. The minimum Gasteiger partial charge on any atom is -0.505 e. The Bertz CT molecular complexity index is 1530. The minimum atomic E-state index is -0.735. The zero-order chi connectivity index (χ0) is 27.1. The van der Waals surface area contributed by atoms with Crippen molar-refractivity contribution in [3.05, 3.63) is 77.3 Å². The van der Waals surface area contributed by atoms with Crippen LogP contribution < -0.4 is 5.32 Å². The van der Waals surface area contributed by atoms with Crippen LogP contribution in [0.4, 0.5) is 10.3 Å². The van der Waals surface area contributed by atoms with Crippen LogP contribution in [-0.2, 0) is 18.3 Å². The maximum absolute atomic E-state index is 14.4. The number of fused-ring (bicyclic) bond motifs is 1. The smallest absolute Gasteiger partial charge is 0.271 e. The number of aryl methyl sites for hydroxylation is 2. The molecule has 2 N–H and O–H groups in total. The van der Waals surface area contributed by atoms with Gasteiger partial charge in [-0.15, -0.1) is 0 Å². The van der Waals surface area contributed by atoms with Gasteiger partial charge in [0.25, 0.3) is 5.91 Å². The number of carbonyl (C=O) groups is 1. The first-order valence-electron chi connectivity index (χ1n) is 13.0. The summed E-state index contributed by atoms with van der Waals surface area (Å²) >= 11 is 0. The van der Waals surface area contributed by atoms with Crippen molar-refractivity contribution in [3.63, 3.8) is 0 Å². The molecule has 1 fully saturated rings. The van der Waals surface area contributed by atoms with E-state index in [0.717, 1.165) is 48.4 Å². The molecule has 1 amide bonds. The van der Waals surface area contributed by atoms with Crippen LogP contribution in [0.15, 0.2) is 49.1 Å². The molecule has 2 aliphatic rings. The number of hydrogen-bond acceptors (Lipinski definition) is 7. The Labute approximate surface area is 225 Å². The summed E-state index contributed by atoms with van der Waals surface area (Å²) in [6.07, 6.45) is 9.06. The van der Waals surface area contributed by atoms with Crippen molar-refractivity contribution in [2.24, 2.45) is 7.05 Å². The van der Waals surface area contributed by atoms with Crippen molar-refractivity contribution in [1.29, 1.82) is 0 Å². The molecule has 0 radical (unpaired) electrons. The first kappa shape index (κ1) is 25.1. The first-order valence-corrected chi connectivity index (χ1v) is 13.0. The van der Waals surface area contributed by atoms with Crippen molar-refractivity contribution in [3.8, 4) is 17.0 Å². The molecule has 5 heterocycles. The molecule has 0 spiro atoms. The van der Waals surface area contributed by atoms with Gasteiger partial charge in [0.15, 0.2) is 11.6 Å². The summed E-state index contributed by atoms with van der Waals surface area (Å²) in [5.74, 6) is -0.785. The van der Waals surface area contributed by atoms with Gasteiger partial charge in [-0.25, -0.2) is 14.4 Å². The predicted molar refractivity (Wildman–Crippen MR) is 142 cm³/mol. The molecule has 1 unspecified atom stereocenters. The third-order valence-corrected chi connectivity index (χ3v) is 7.40. The standard InChI is InChI=1S/C28H30FN7O3/c1-17-13-30-28(32-21-5-9-39-10-6-21)33-25(17)19-12-23-27(38)36(8-7-35(23)16-19)26(20-14-31-34(2)15-20)18-3-4-24(37)22(29)11-18/h3-4,11-16,21,26,37H,5-10H2,1-2H3,(H,30,32,33). The molecule has 11 heteroatoms. The lowest BCUT2D eigenvalue weighted by Crippen LogP contribution is -2.42. The van der Waals surface area contributed by atoms with Crippen LogP contribution >= 0.6 is 0 Å². The molecule has 1 aromatic carbocycles. The molecule has 3 aromatic heterocycles. The third-order valence-electron chi connectivity index (χ3n) is 7.40. The van der Waals surface area contributed by atoms with Gasteiger partial charge in [0.1, 0.15) is 5.69 Å². The van der Waals surface area contributed by atoms with E-state index >= 15 is 0 Å². The van der Waals surface area contributed by atoms with Crippen LogP contribution in [0.3, 0.4) is 0 Å². The molecule has 2 aliphatic heterocycles. The Balaban J connectivity index is 1.32. The first-order chi connectivity index (χ1) is 18.9. The van der Waals surface area contributed by atoms with E-state index in [1.165, 1.54) is 12.1 Å². The van der Waals surface area contributed by atoms with Crippen molar-refractivity contribution in [2.45, 2.75) is 38.4 Å². The number of nitrogens with zero attached hydrogens (tertiary/aromatic N) is 6. The Morgan fingerprint density at radius 2 is 1.95 bits per heavy atom. The Morgan fingerprint density at radius 3 is 2.69 bits per heavy atom. The van der Waals surface area contributed by atoms with Gasteiger partial charge in [-0.05, 0) is 49.1 Å². The Morgan fingerprint density at radius 1 is 1.13 bits per heavy atom. The average Bonchev–Trinajstić information content (AvgIpc) is 3.56. The van der Waals surface area contributed by atoms with Gasteiger partial charge in [-0.2, -0.15) is 5.10 Å². The van der Waals surface area contributed by atoms with E-state index in [2.05, 4.69) is 15.4 Å². The molecular formula is C28H30FN7O3. The summed E-state index contributed by atoms with van der Waals surface area (Å²) in [7, 11) is 1.79. The third kappa shape index (κ3) is 4.85. The molecule has 0 bridgehead atoms. The second-order valence-electron chi connectivity index (χ2n) is 10.1. The van der Waals surface area contributed by atoms with E-state index in [1.54, 1.807) is 35.1 Å². The Kier molecular flexibility index (Phi) is 6.51. The number of nitrogens with one attached hydrogen (secondary N) is 1. The summed E-state index contributed by atoms with van der Waals surface area (Å²) in [5.41, 5.74) is 4.36. The molecule has 202 valence electrons. The van der Waals surface area contributed by atoms with Crippen molar-refractivity contribution >= 4 is 11.9 Å². The molecule has 1 atom stereocenters. The van der Waals surface area contributed by atoms with Crippen LogP contribution in [0.2, 0.25) is 0 Å². The number of aromatic hydroxyl groups is 1. The zero-order valence-electron chi connectivity index (χ0n) is 21.8. The fraction of sp³-hybridized carbons (Fsp3) is 0.357. The molecule has 4 aromatic rings. The lowest BCUT2D eigenvalue weighted by atomic mass is 9.98. The van der Waals surface area contributed by atoms with Crippen LogP contribution in [0.5, 0.6) is 5.75 Å². The van der Waals surface area contributed by atoms with E-state index in [-0.39, 0.29) is 11.9 Å². The van der Waals surface area contributed by atoms with Crippen molar-refractivity contribution in [1.82, 2.24) is 29.2 Å². The SMILES string of the molecule is Cc1cnc(NC2CCOCC2)nc1-c1cc2n(c1)CCN(C(c1ccc(O)c(F)c1)c1cnn(C)c1)C2=O. The van der Waals surface area contributed by atoms with E-state index in [4.69, 9.17) is 9.72 Å². The maximum atomic E-state index is 14.4. The molecule has 0 aliphatic carbocycles. The molecule has 0 saturated carbocycles. The van der Waals surface area contributed by atoms with Crippen LogP contribution in [0.25, 0.3) is 11.3 Å².